The molecule has 1 aromatic heterocycles. The Bertz CT molecular complexity index is 516. The smallest absolute Gasteiger partial charge is 0.306 e. The van der Waals surface area contributed by atoms with Gasteiger partial charge in [0.05, 0.1) is 11.6 Å². The van der Waals surface area contributed by atoms with Gasteiger partial charge in [-0.2, -0.15) is 5.10 Å². The van der Waals surface area contributed by atoms with Crippen molar-refractivity contribution in [2.75, 3.05) is 0 Å². The highest BCUT2D eigenvalue weighted by molar-refractivity contribution is 5.76. The SMILES string of the molecule is Cc1cc(C)n(CCC(=O)NC2CCC(C(=O)O)CC2)n1. The van der Waals surface area contributed by atoms with E-state index in [1.54, 1.807) is 0 Å². The van der Waals surface area contributed by atoms with Gasteiger partial charge in [0.25, 0.3) is 0 Å². The standard InChI is InChI=1S/C15H23N3O3/c1-10-9-11(2)18(17-10)8-7-14(19)16-13-5-3-12(4-6-13)15(20)21/h9,12-13H,3-8H2,1-2H3,(H,16,19)(H,20,21). The summed E-state index contributed by atoms with van der Waals surface area (Å²) >= 11 is 0. The summed E-state index contributed by atoms with van der Waals surface area (Å²) < 4.78 is 1.84. The Morgan fingerprint density at radius 1 is 1.33 bits per heavy atom. The largest absolute Gasteiger partial charge is 0.481 e. The van der Waals surface area contributed by atoms with Crippen molar-refractivity contribution in [2.24, 2.45) is 5.92 Å². The van der Waals surface area contributed by atoms with Crippen LogP contribution in [0.2, 0.25) is 0 Å². The number of hydrogen-bond acceptors (Lipinski definition) is 3. The molecule has 1 aromatic rings. The number of aromatic nitrogens is 2. The predicted molar refractivity (Wildman–Crippen MR) is 77.8 cm³/mol. The van der Waals surface area contributed by atoms with E-state index in [1.807, 2.05) is 24.6 Å². The molecule has 0 aromatic carbocycles. The number of carbonyl (C=O) groups is 2. The second-order valence-electron chi connectivity index (χ2n) is 5.85. The van der Waals surface area contributed by atoms with E-state index >= 15 is 0 Å². The van der Waals surface area contributed by atoms with Crippen molar-refractivity contribution >= 4 is 11.9 Å². The van der Waals surface area contributed by atoms with Crippen LogP contribution in [0.25, 0.3) is 0 Å². The van der Waals surface area contributed by atoms with Gasteiger partial charge in [0, 0.05) is 24.7 Å². The fourth-order valence-corrected chi connectivity index (χ4v) is 2.89. The molecule has 6 heteroatoms. The molecule has 1 heterocycles. The van der Waals surface area contributed by atoms with Crippen LogP contribution in [-0.4, -0.2) is 32.8 Å². The van der Waals surface area contributed by atoms with Crippen LogP contribution in [0.3, 0.4) is 0 Å². The highest BCUT2D eigenvalue weighted by Gasteiger charge is 2.26. The number of carbonyl (C=O) groups excluding carboxylic acids is 1. The number of carboxylic acids is 1. The summed E-state index contributed by atoms with van der Waals surface area (Å²) in [6.45, 7) is 4.49. The van der Waals surface area contributed by atoms with Crippen molar-refractivity contribution in [3.8, 4) is 0 Å². The van der Waals surface area contributed by atoms with Crippen molar-refractivity contribution < 1.29 is 14.7 Å². The van der Waals surface area contributed by atoms with Crippen LogP contribution in [0.5, 0.6) is 0 Å². The molecule has 116 valence electrons. The second-order valence-corrected chi connectivity index (χ2v) is 5.85. The summed E-state index contributed by atoms with van der Waals surface area (Å²) in [5, 5.41) is 16.3. The van der Waals surface area contributed by atoms with E-state index in [0.717, 1.165) is 24.2 Å². The molecule has 2 N–H and O–H groups in total. The minimum absolute atomic E-state index is 0.0151. The molecule has 0 atom stereocenters. The Kier molecular flexibility index (Phi) is 4.98. The molecule has 0 unspecified atom stereocenters. The summed E-state index contributed by atoms with van der Waals surface area (Å²) in [6.07, 6.45) is 3.21. The van der Waals surface area contributed by atoms with Gasteiger partial charge < -0.3 is 10.4 Å². The maximum absolute atomic E-state index is 11.9. The molecule has 0 bridgehead atoms. The molecule has 1 fully saturated rings. The van der Waals surface area contributed by atoms with Crippen molar-refractivity contribution in [1.82, 2.24) is 15.1 Å². The molecule has 0 radical (unpaired) electrons. The van der Waals surface area contributed by atoms with Crippen molar-refractivity contribution in [1.29, 1.82) is 0 Å². The van der Waals surface area contributed by atoms with Gasteiger partial charge in [0.2, 0.25) is 5.91 Å². The maximum atomic E-state index is 11.9. The summed E-state index contributed by atoms with van der Waals surface area (Å²) in [5.74, 6) is -0.946. The maximum Gasteiger partial charge on any atom is 0.306 e. The number of amides is 1. The number of nitrogens with zero attached hydrogens (tertiary/aromatic N) is 2. The van der Waals surface area contributed by atoms with Gasteiger partial charge >= 0.3 is 5.97 Å². The van der Waals surface area contributed by atoms with Gasteiger partial charge in [-0.25, -0.2) is 0 Å². The molecule has 1 aliphatic carbocycles. The molecular weight excluding hydrogens is 270 g/mol. The van der Waals surface area contributed by atoms with Crippen LogP contribution in [0, 0.1) is 19.8 Å². The molecule has 1 aliphatic rings. The van der Waals surface area contributed by atoms with E-state index in [9.17, 15) is 9.59 Å². The highest BCUT2D eigenvalue weighted by atomic mass is 16.4. The lowest BCUT2D eigenvalue weighted by atomic mass is 9.86. The molecule has 1 amide bonds. The molecule has 0 spiro atoms. The first-order chi connectivity index (χ1) is 9.95. The van der Waals surface area contributed by atoms with E-state index in [-0.39, 0.29) is 17.9 Å². The fraction of sp³-hybridized carbons (Fsp3) is 0.667. The quantitative estimate of drug-likeness (QED) is 0.864. The zero-order valence-corrected chi connectivity index (χ0v) is 12.6. The Morgan fingerprint density at radius 2 is 2.00 bits per heavy atom. The zero-order valence-electron chi connectivity index (χ0n) is 12.6. The van der Waals surface area contributed by atoms with Crippen LogP contribution >= 0.6 is 0 Å². The van der Waals surface area contributed by atoms with E-state index in [4.69, 9.17) is 5.11 Å². The van der Waals surface area contributed by atoms with Gasteiger partial charge in [0.1, 0.15) is 0 Å². The van der Waals surface area contributed by atoms with Crippen molar-refractivity contribution in [2.45, 2.75) is 58.5 Å². The highest BCUT2D eigenvalue weighted by Crippen LogP contribution is 2.24. The zero-order chi connectivity index (χ0) is 15.4. The number of aliphatic carboxylic acids is 1. The van der Waals surface area contributed by atoms with Crippen molar-refractivity contribution in [3.05, 3.63) is 17.5 Å². The molecule has 0 saturated heterocycles. The lowest BCUT2D eigenvalue weighted by Crippen LogP contribution is -2.39. The lowest BCUT2D eigenvalue weighted by Gasteiger charge is -2.26. The minimum atomic E-state index is -0.718. The summed E-state index contributed by atoms with van der Waals surface area (Å²) in [4.78, 5) is 22.8. The molecular formula is C15H23N3O3. The Morgan fingerprint density at radius 3 is 2.52 bits per heavy atom. The van der Waals surface area contributed by atoms with Gasteiger partial charge in [-0.05, 0) is 45.6 Å². The van der Waals surface area contributed by atoms with Gasteiger partial charge in [-0.15, -0.1) is 0 Å². The van der Waals surface area contributed by atoms with Gasteiger partial charge in [-0.1, -0.05) is 0 Å². The van der Waals surface area contributed by atoms with E-state index in [1.165, 1.54) is 0 Å². The molecule has 0 aliphatic heterocycles. The Hall–Kier alpha value is -1.85. The Labute approximate surface area is 124 Å². The van der Waals surface area contributed by atoms with Gasteiger partial charge in [0.15, 0.2) is 0 Å². The fourth-order valence-electron chi connectivity index (χ4n) is 2.89. The molecule has 1 saturated carbocycles. The lowest BCUT2D eigenvalue weighted by molar-refractivity contribution is -0.142. The average Bonchev–Trinajstić information content (AvgIpc) is 2.75. The monoisotopic (exact) mass is 293 g/mol. The van der Waals surface area contributed by atoms with Crippen LogP contribution < -0.4 is 5.32 Å². The van der Waals surface area contributed by atoms with Gasteiger partial charge in [-0.3, -0.25) is 14.3 Å². The minimum Gasteiger partial charge on any atom is -0.481 e. The van der Waals surface area contributed by atoms with Crippen LogP contribution in [0.15, 0.2) is 6.07 Å². The topological polar surface area (TPSA) is 84.2 Å². The van der Waals surface area contributed by atoms with Crippen LogP contribution in [0.4, 0.5) is 0 Å². The summed E-state index contributed by atoms with van der Waals surface area (Å²) in [5.41, 5.74) is 2.02. The van der Waals surface area contributed by atoms with Crippen molar-refractivity contribution in [3.63, 3.8) is 0 Å². The average molecular weight is 293 g/mol. The second kappa shape index (κ2) is 6.74. The normalized spacial score (nSPS) is 22.0. The Balaban J connectivity index is 1.73. The summed E-state index contributed by atoms with van der Waals surface area (Å²) in [7, 11) is 0. The third kappa shape index (κ3) is 4.31. The number of aryl methyl sites for hydroxylation is 3. The number of hydrogen-bond donors (Lipinski definition) is 2. The van der Waals surface area contributed by atoms with Crippen LogP contribution in [0.1, 0.15) is 43.5 Å². The third-order valence-electron chi connectivity index (χ3n) is 4.10. The van der Waals surface area contributed by atoms with Crippen LogP contribution in [-0.2, 0) is 16.1 Å². The predicted octanol–water partition coefficient (Wildman–Crippen LogP) is 1.65. The summed E-state index contributed by atoms with van der Waals surface area (Å²) in [6, 6.07) is 2.11. The van der Waals surface area contributed by atoms with E-state index < -0.39 is 5.97 Å². The molecule has 2 rings (SSSR count). The number of nitrogens with one attached hydrogen (secondary N) is 1. The first-order valence-electron chi connectivity index (χ1n) is 7.49. The third-order valence-corrected chi connectivity index (χ3v) is 4.10. The van der Waals surface area contributed by atoms with E-state index in [2.05, 4.69) is 10.4 Å². The first-order valence-corrected chi connectivity index (χ1v) is 7.49. The number of rotatable bonds is 5. The van der Waals surface area contributed by atoms with E-state index in [0.29, 0.717) is 25.8 Å². The molecule has 21 heavy (non-hydrogen) atoms. The molecule has 6 nitrogen and oxygen atoms in total. The number of carboxylic acid groups (broad SMARTS) is 1. The first kappa shape index (κ1) is 15.5.